The van der Waals surface area contributed by atoms with Crippen molar-refractivity contribution in [3.63, 3.8) is 0 Å². The van der Waals surface area contributed by atoms with Gasteiger partial charge in [-0.1, -0.05) is 6.07 Å². The van der Waals surface area contributed by atoms with Crippen LogP contribution in [0.5, 0.6) is 0 Å². The maximum atomic E-state index is 13.6. The van der Waals surface area contributed by atoms with E-state index in [1.807, 2.05) is 6.92 Å². The Morgan fingerprint density at radius 3 is 2.64 bits per heavy atom. The summed E-state index contributed by atoms with van der Waals surface area (Å²) in [6.45, 7) is 2.98. The Morgan fingerprint density at radius 2 is 2.00 bits per heavy atom. The average molecular weight is 381 g/mol. The number of nitrogens with zero attached hydrogens (tertiary/aromatic N) is 4. The third kappa shape index (κ3) is 3.36. The fourth-order valence-corrected chi connectivity index (χ4v) is 4.35. The van der Waals surface area contributed by atoms with E-state index in [4.69, 9.17) is 5.11 Å². The van der Waals surface area contributed by atoms with Gasteiger partial charge in [0.15, 0.2) is 5.82 Å². The van der Waals surface area contributed by atoms with E-state index in [9.17, 15) is 14.4 Å². The lowest BCUT2D eigenvalue weighted by molar-refractivity contribution is 0.152. The number of aryl methyl sites for hydroxylation is 1. The number of likely N-dealkylation sites (tertiary alicyclic amines) is 1. The molecule has 2 aliphatic rings. The Balaban J connectivity index is 1.50. The summed E-state index contributed by atoms with van der Waals surface area (Å²) in [6, 6.07) is 8.34. The average Bonchev–Trinajstić information content (AvgIpc) is 3.23. The monoisotopic (exact) mass is 381 g/mol. The Hall–Kier alpha value is -3.21. The molecule has 1 saturated heterocycles. The van der Waals surface area contributed by atoms with Gasteiger partial charge in [0.2, 0.25) is 0 Å². The molecule has 28 heavy (non-hydrogen) atoms. The Bertz CT molecular complexity index is 960. The van der Waals surface area contributed by atoms with Crippen LogP contribution in [0.2, 0.25) is 0 Å². The number of hydrogen-bond acceptors (Lipinski definition) is 5. The first kappa shape index (κ1) is 18.2. The van der Waals surface area contributed by atoms with Gasteiger partial charge in [-0.15, -0.1) is 10.2 Å². The molecule has 1 saturated carbocycles. The number of amides is 1. The van der Waals surface area contributed by atoms with E-state index in [1.165, 1.54) is 17.0 Å². The van der Waals surface area contributed by atoms with E-state index in [0.29, 0.717) is 47.6 Å². The number of rotatable bonds is 3. The smallest absolute Gasteiger partial charge is 0.407 e. The van der Waals surface area contributed by atoms with E-state index in [1.54, 1.807) is 12.1 Å². The summed E-state index contributed by atoms with van der Waals surface area (Å²) in [5, 5.41) is 30.3. The van der Waals surface area contributed by atoms with Crippen molar-refractivity contribution in [1.29, 1.82) is 5.26 Å². The Labute approximate surface area is 161 Å². The summed E-state index contributed by atoms with van der Waals surface area (Å²) in [4.78, 5) is 12.6. The first-order valence-electron chi connectivity index (χ1n) is 9.23. The number of nitriles is 1. The zero-order valence-electron chi connectivity index (χ0n) is 15.4. The van der Waals surface area contributed by atoms with Crippen LogP contribution in [-0.2, 0) is 0 Å². The maximum Gasteiger partial charge on any atom is 0.407 e. The number of anilines is 1. The van der Waals surface area contributed by atoms with E-state index >= 15 is 0 Å². The second kappa shape index (κ2) is 7.08. The number of hydrogen-bond donors (Lipinski definition) is 2. The number of benzene rings is 1. The molecule has 1 aromatic carbocycles. The van der Waals surface area contributed by atoms with Gasteiger partial charge < -0.3 is 15.3 Å². The van der Waals surface area contributed by atoms with Crippen molar-refractivity contribution in [2.75, 3.05) is 18.4 Å². The van der Waals surface area contributed by atoms with Gasteiger partial charge in [-0.3, -0.25) is 0 Å². The van der Waals surface area contributed by atoms with Crippen LogP contribution in [0.15, 0.2) is 24.3 Å². The fraction of sp³-hybridized carbons (Fsp3) is 0.400. The van der Waals surface area contributed by atoms with E-state index in [2.05, 4.69) is 21.6 Å². The summed E-state index contributed by atoms with van der Waals surface area (Å²) in [5.74, 6) is 0.721. The number of halogens is 1. The standard InChI is InChI=1S/C20H20FN5O2/c1-11-2-3-15(21)7-17(11)18-6-12(8-22)19(25-24-18)23-16-4-13-9-26(20(27)28)10-14(13)5-16/h2-3,6-7,13-14,16H,4-5,9-10H2,1H3,(H,23,25)(H,27,28)/t13-,14+,16+. The van der Waals surface area contributed by atoms with Gasteiger partial charge in [-0.25, -0.2) is 9.18 Å². The summed E-state index contributed by atoms with van der Waals surface area (Å²) in [5.41, 5.74) is 2.28. The Kier molecular flexibility index (Phi) is 4.59. The molecule has 1 aliphatic carbocycles. The highest BCUT2D eigenvalue weighted by molar-refractivity contribution is 5.67. The van der Waals surface area contributed by atoms with Gasteiger partial charge in [0.1, 0.15) is 11.9 Å². The number of fused-ring (bicyclic) bond motifs is 1. The first-order chi connectivity index (χ1) is 13.4. The molecule has 0 spiro atoms. The van der Waals surface area contributed by atoms with Crippen LogP contribution in [0.1, 0.15) is 24.0 Å². The molecule has 2 fully saturated rings. The van der Waals surface area contributed by atoms with Crippen LogP contribution in [0.3, 0.4) is 0 Å². The molecule has 8 heteroatoms. The normalized spacial score (nSPS) is 23.3. The lowest BCUT2D eigenvalue weighted by atomic mass is 10.0. The summed E-state index contributed by atoms with van der Waals surface area (Å²) in [7, 11) is 0. The molecule has 0 radical (unpaired) electrons. The van der Waals surface area contributed by atoms with Crippen LogP contribution in [0, 0.1) is 35.9 Å². The maximum absolute atomic E-state index is 13.6. The first-order valence-corrected chi connectivity index (χ1v) is 9.23. The molecule has 144 valence electrons. The third-order valence-electron chi connectivity index (χ3n) is 5.75. The second-order valence-corrected chi connectivity index (χ2v) is 7.58. The van der Waals surface area contributed by atoms with Crippen LogP contribution in [0.25, 0.3) is 11.3 Å². The van der Waals surface area contributed by atoms with E-state index in [0.717, 1.165) is 18.4 Å². The minimum atomic E-state index is -0.861. The van der Waals surface area contributed by atoms with E-state index in [-0.39, 0.29) is 11.9 Å². The van der Waals surface area contributed by atoms with Crippen LogP contribution < -0.4 is 5.32 Å². The molecule has 2 heterocycles. The molecule has 1 amide bonds. The minimum Gasteiger partial charge on any atom is -0.465 e. The lowest BCUT2D eigenvalue weighted by Crippen LogP contribution is -2.29. The molecule has 2 aromatic rings. The fourth-order valence-electron chi connectivity index (χ4n) is 4.35. The zero-order valence-corrected chi connectivity index (χ0v) is 15.4. The molecule has 0 unspecified atom stereocenters. The van der Waals surface area contributed by atoms with Crippen LogP contribution >= 0.6 is 0 Å². The second-order valence-electron chi connectivity index (χ2n) is 7.58. The van der Waals surface area contributed by atoms with Crippen molar-refractivity contribution in [3.8, 4) is 17.3 Å². The SMILES string of the molecule is Cc1ccc(F)cc1-c1cc(C#N)c(N[C@H]2C[C@@H]3CN(C(=O)O)C[C@@H]3C2)nn1. The van der Waals surface area contributed by atoms with E-state index < -0.39 is 6.09 Å². The zero-order chi connectivity index (χ0) is 19.8. The molecule has 7 nitrogen and oxygen atoms in total. The molecule has 0 bridgehead atoms. The Morgan fingerprint density at radius 1 is 1.29 bits per heavy atom. The van der Waals surface area contributed by atoms with Crippen molar-refractivity contribution in [3.05, 3.63) is 41.2 Å². The number of aromatic nitrogens is 2. The predicted octanol–water partition coefficient (Wildman–Crippen LogP) is 3.26. The van der Waals surface area contributed by atoms with Crippen molar-refractivity contribution in [1.82, 2.24) is 15.1 Å². The highest BCUT2D eigenvalue weighted by atomic mass is 19.1. The number of nitrogens with one attached hydrogen (secondary N) is 1. The summed E-state index contributed by atoms with van der Waals surface area (Å²) < 4.78 is 13.6. The molecule has 4 rings (SSSR count). The molecule has 2 N–H and O–H groups in total. The largest absolute Gasteiger partial charge is 0.465 e. The molecule has 3 atom stereocenters. The van der Waals surface area contributed by atoms with Crippen molar-refractivity contribution >= 4 is 11.9 Å². The minimum absolute atomic E-state index is 0.133. The lowest BCUT2D eigenvalue weighted by Gasteiger charge is -2.18. The predicted molar refractivity (Wildman–Crippen MR) is 100 cm³/mol. The summed E-state index contributed by atoms with van der Waals surface area (Å²) >= 11 is 0. The van der Waals surface area contributed by atoms with Crippen molar-refractivity contribution in [2.24, 2.45) is 11.8 Å². The quantitative estimate of drug-likeness (QED) is 0.846. The van der Waals surface area contributed by atoms with Crippen molar-refractivity contribution < 1.29 is 14.3 Å². The van der Waals surface area contributed by atoms with Gasteiger partial charge >= 0.3 is 6.09 Å². The molecule has 1 aliphatic heterocycles. The van der Waals surface area contributed by atoms with Crippen molar-refractivity contribution in [2.45, 2.75) is 25.8 Å². The number of carbonyl (C=O) groups is 1. The van der Waals surface area contributed by atoms with Gasteiger partial charge in [-0.05, 0) is 55.4 Å². The van der Waals surface area contributed by atoms with Crippen LogP contribution in [0.4, 0.5) is 15.0 Å². The van der Waals surface area contributed by atoms with Gasteiger partial charge in [0.05, 0.1) is 11.3 Å². The van der Waals surface area contributed by atoms with Crippen LogP contribution in [-0.4, -0.2) is 45.4 Å². The molecular weight excluding hydrogens is 361 g/mol. The van der Waals surface area contributed by atoms with Gasteiger partial charge in [0, 0.05) is 24.7 Å². The highest BCUT2D eigenvalue weighted by Crippen LogP contribution is 2.39. The molecule has 1 aromatic heterocycles. The summed E-state index contributed by atoms with van der Waals surface area (Å²) in [6.07, 6.45) is 0.817. The highest BCUT2D eigenvalue weighted by Gasteiger charge is 2.42. The van der Waals surface area contributed by atoms with Gasteiger partial charge in [-0.2, -0.15) is 5.26 Å². The molecular formula is C20H20FN5O2. The van der Waals surface area contributed by atoms with Gasteiger partial charge in [0.25, 0.3) is 0 Å². The third-order valence-corrected chi connectivity index (χ3v) is 5.75. The topological polar surface area (TPSA) is 102 Å². The number of carboxylic acid groups (broad SMARTS) is 1.